The van der Waals surface area contributed by atoms with E-state index in [0.717, 1.165) is 6.26 Å². The molecule has 1 aliphatic heterocycles. The largest absolute Gasteiger partial charge is 0.481 e. The van der Waals surface area contributed by atoms with E-state index in [1.807, 2.05) is 6.92 Å². The molecule has 2 atom stereocenters. The van der Waals surface area contributed by atoms with Crippen LogP contribution in [0.5, 0.6) is 0 Å². The van der Waals surface area contributed by atoms with Crippen molar-refractivity contribution >= 4 is 33.4 Å². The van der Waals surface area contributed by atoms with Crippen LogP contribution in [0.3, 0.4) is 0 Å². The number of sulfonamides is 1. The van der Waals surface area contributed by atoms with Crippen LogP contribution in [0, 0.1) is 11.8 Å². The number of aliphatic carboxylic acids is 1. The first kappa shape index (κ1) is 18.1. The molecular formula is C15H21N3O5S. The number of nitrogens with one attached hydrogen (secondary N) is 2. The summed E-state index contributed by atoms with van der Waals surface area (Å²) in [6.45, 7) is 2.60. The molecule has 1 aromatic carbocycles. The van der Waals surface area contributed by atoms with Crippen molar-refractivity contribution in [1.82, 2.24) is 4.90 Å². The minimum absolute atomic E-state index is 0.118. The quantitative estimate of drug-likeness (QED) is 0.759. The number of carbonyl (C=O) groups excluding carboxylic acids is 1. The van der Waals surface area contributed by atoms with Crippen molar-refractivity contribution in [3.05, 3.63) is 24.3 Å². The van der Waals surface area contributed by atoms with Gasteiger partial charge in [-0.05, 0) is 36.6 Å². The number of nitrogens with zero attached hydrogens (tertiary/aromatic N) is 1. The van der Waals surface area contributed by atoms with Crippen LogP contribution in [0.25, 0.3) is 0 Å². The normalized spacial score (nSPS) is 21.2. The number of benzene rings is 1. The Morgan fingerprint density at radius 1 is 1.17 bits per heavy atom. The number of rotatable bonds is 4. The Morgan fingerprint density at radius 2 is 1.75 bits per heavy atom. The third-order valence-corrected chi connectivity index (χ3v) is 4.34. The number of amides is 2. The molecule has 2 unspecified atom stereocenters. The van der Waals surface area contributed by atoms with Gasteiger partial charge in [0, 0.05) is 24.5 Å². The molecule has 2 rings (SSSR count). The van der Waals surface area contributed by atoms with E-state index in [-0.39, 0.29) is 18.5 Å². The van der Waals surface area contributed by atoms with E-state index in [1.165, 1.54) is 17.0 Å². The van der Waals surface area contributed by atoms with Crippen LogP contribution in [-0.2, 0) is 14.8 Å². The van der Waals surface area contributed by atoms with Gasteiger partial charge in [-0.1, -0.05) is 6.92 Å². The second-order valence-electron chi connectivity index (χ2n) is 6.16. The van der Waals surface area contributed by atoms with Crippen LogP contribution in [0.15, 0.2) is 24.3 Å². The fourth-order valence-corrected chi connectivity index (χ4v) is 3.30. The molecule has 0 spiro atoms. The summed E-state index contributed by atoms with van der Waals surface area (Å²) in [4.78, 5) is 25.0. The lowest BCUT2D eigenvalue weighted by Gasteiger charge is -2.34. The van der Waals surface area contributed by atoms with Crippen LogP contribution < -0.4 is 10.0 Å². The Bertz CT molecular complexity index is 717. The fourth-order valence-electron chi connectivity index (χ4n) is 2.73. The third kappa shape index (κ3) is 5.12. The van der Waals surface area contributed by atoms with Crippen LogP contribution >= 0.6 is 0 Å². The average Bonchev–Trinajstić information content (AvgIpc) is 2.47. The molecule has 1 heterocycles. The zero-order chi connectivity index (χ0) is 17.9. The molecule has 1 fully saturated rings. The molecular weight excluding hydrogens is 334 g/mol. The van der Waals surface area contributed by atoms with E-state index in [2.05, 4.69) is 10.0 Å². The van der Waals surface area contributed by atoms with E-state index in [4.69, 9.17) is 5.11 Å². The summed E-state index contributed by atoms with van der Waals surface area (Å²) >= 11 is 0. The van der Waals surface area contributed by atoms with E-state index in [9.17, 15) is 18.0 Å². The van der Waals surface area contributed by atoms with Crippen LogP contribution in [-0.4, -0.2) is 49.8 Å². The molecule has 132 valence electrons. The van der Waals surface area contributed by atoms with Gasteiger partial charge in [-0.2, -0.15) is 0 Å². The topological polar surface area (TPSA) is 116 Å². The summed E-state index contributed by atoms with van der Waals surface area (Å²) in [6.07, 6.45) is 1.62. The van der Waals surface area contributed by atoms with Crippen molar-refractivity contribution in [2.45, 2.75) is 13.3 Å². The lowest BCUT2D eigenvalue weighted by atomic mass is 9.91. The Hall–Kier alpha value is -2.29. The van der Waals surface area contributed by atoms with Gasteiger partial charge in [0.15, 0.2) is 0 Å². The summed E-state index contributed by atoms with van der Waals surface area (Å²) in [7, 11) is -3.35. The smallest absolute Gasteiger partial charge is 0.321 e. The molecule has 0 saturated carbocycles. The molecule has 9 heteroatoms. The van der Waals surface area contributed by atoms with E-state index < -0.39 is 21.9 Å². The number of likely N-dealkylation sites (tertiary alicyclic amines) is 1. The van der Waals surface area contributed by atoms with Crippen LogP contribution in [0.1, 0.15) is 13.3 Å². The Morgan fingerprint density at radius 3 is 2.29 bits per heavy atom. The monoisotopic (exact) mass is 355 g/mol. The van der Waals surface area contributed by atoms with Crippen LogP contribution in [0.2, 0.25) is 0 Å². The number of hydrogen-bond donors (Lipinski definition) is 3. The molecule has 1 aliphatic rings. The van der Waals surface area contributed by atoms with E-state index in [1.54, 1.807) is 12.1 Å². The molecule has 1 aromatic rings. The summed E-state index contributed by atoms with van der Waals surface area (Å²) in [5, 5.41) is 11.9. The number of piperidine rings is 1. The number of carboxylic acid groups (broad SMARTS) is 1. The van der Waals surface area contributed by atoms with E-state index in [0.29, 0.717) is 24.3 Å². The van der Waals surface area contributed by atoms with Crippen molar-refractivity contribution < 1.29 is 23.1 Å². The zero-order valence-corrected chi connectivity index (χ0v) is 14.3. The van der Waals surface area contributed by atoms with Gasteiger partial charge in [-0.15, -0.1) is 0 Å². The molecule has 0 radical (unpaired) electrons. The minimum atomic E-state index is -3.35. The molecule has 0 bridgehead atoms. The highest BCUT2D eigenvalue weighted by molar-refractivity contribution is 7.92. The van der Waals surface area contributed by atoms with Crippen molar-refractivity contribution in [3.63, 3.8) is 0 Å². The van der Waals surface area contributed by atoms with Gasteiger partial charge in [0.2, 0.25) is 10.0 Å². The third-order valence-electron chi connectivity index (χ3n) is 3.74. The molecule has 0 aromatic heterocycles. The maximum atomic E-state index is 12.3. The summed E-state index contributed by atoms with van der Waals surface area (Å²) < 4.78 is 24.6. The summed E-state index contributed by atoms with van der Waals surface area (Å²) in [5.41, 5.74) is 0.900. The number of urea groups is 1. The van der Waals surface area contributed by atoms with Crippen molar-refractivity contribution in [2.75, 3.05) is 29.4 Å². The Labute approximate surface area is 140 Å². The van der Waals surface area contributed by atoms with Gasteiger partial charge >= 0.3 is 12.0 Å². The molecule has 2 amide bonds. The van der Waals surface area contributed by atoms with Gasteiger partial charge in [-0.25, -0.2) is 13.2 Å². The van der Waals surface area contributed by atoms with Crippen molar-refractivity contribution in [1.29, 1.82) is 0 Å². The molecule has 0 aliphatic carbocycles. The number of anilines is 2. The van der Waals surface area contributed by atoms with Gasteiger partial charge in [-0.3, -0.25) is 9.52 Å². The van der Waals surface area contributed by atoms with Gasteiger partial charge < -0.3 is 15.3 Å². The first-order chi connectivity index (χ1) is 11.1. The SMILES string of the molecule is CC1CC(C(=O)O)CN(C(=O)Nc2ccc(NS(C)(=O)=O)cc2)C1. The molecule has 3 N–H and O–H groups in total. The maximum absolute atomic E-state index is 12.3. The maximum Gasteiger partial charge on any atom is 0.321 e. The Kier molecular flexibility index (Phi) is 5.33. The average molecular weight is 355 g/mol. The van der Waals surface area contributed by atoms with Crippen LogP contribution in [0.4, 0.5) is 16.2 Å². The second-order valence-corrected chi connectivity index (χ2v) is 7.91. The molecule has 8 nitrogen and oxygen atoms in total. The van der Waals surface area contributed by atoms with Gasteiger partial charge in [0.1, 0.15) is 0 Å². The fraction of sp³-hybridized carbons (Fsp3) is 0.467. The minimum Gasteiger partial charge on any atom is -0.481 e. The predicted octanol–water partition coefficient (Wildman–Crippen LogP) is 1.63. The number of carbonyl (C=O) groups is 2. The predicted molar refractivity (Wildman–Crippen MR) is 90.4 cm³/mol. The van der Waals surface area contributed by atoms with Crippen molar-refractivity contribution in [3.8, 4) is 0 Å². The lowest BCUT2D eigenvalue weighted by molar-refractivity contribution is -0.143. The summed E-state index contributed by atoms with van der Waals surface area (Å²) in [5.74, 6) is -1.33. The first-order valence-electron chi connectivity index (χ1n) is 7.50. The zero-order valence-electron chi connectivity index (χ0n) is 13.5. The highest BCUT2D eigenvalue weighted by Gasteiger charge is 2.31. The highest BCUT2D eigenvalue weighted by atomic mass is 32.2. The van der Waals surface area contributed by atoms with Gasteiger partial charge in [0.25, 0.3) is 0 Å². The highest BCUT2D eigenvalue weighted by Crippen LogP contribution is 2.23. The standard InChI is InChI=1S/C15H21N3O5S/c1-10-7-11(14(19)20)9-18(8-10)15(21)16-12-3-5-13(6-4-12)17-24(2,22)23/h3-6,10-11,17H,7-9H2,1-2H3,(H,16,21)(H,19,20). The molecule has 24 heavy (non-hydrogen) atoms. The van der Waals surface area contributed by atoms with E-state index >= 15 is 0 Å². The number of carboxylic acids is 1. The Balaban J connectivity index is 2.00. The molecule has 1 saturated heterocycles. The number of hydrogen-bond acceptors (Lipinski definition) is 4. The van der Waals surface area contributed by atoms with Crippen molar-refractivity contribution in [2.24, 2.45) is 11.8 Å². The second kappa shape index (κ2) is 7.08. The summed E-state index contributed by atoms with van der Waals surface area (Å²) in [6, 6.07) is 5.86. The first-order valence-corrected chi connectivity index (χ1v) is 9.40. The van der Waals surface area contributed by atoms with Gasteiger partial charge in [0.05, 0.1) is 12.2 Å². The lowest BCUT2D eigenvalue weighted by Crippen LogP contribution is -2.47.